The minimum Gasteiger partial charge on any atom is -0.411 e. The van der Waals surface area contributed by atoms with E-state index < -0.39 is 16.9 Å². The largest absolute Gasteiger partial charge is 0.411 e. The average Bonchev–Trinajstić information content (AvgIpc) is 2.93. The Balaban J connectivity index is 2.80. The summed E-state index contributed by atoms with van der Waals surface area (Å²) in [5.74, 6) is -0.424. The van der Waals surface area contributed by atoms with Gasteiger partial charge in [0.25, 0.3) is 0 Å². The highest BCUT2D eigenvalue weighted by Gasteiger charge is 2.18. The van der Waals surface area contributed by atoms with Gasteiger partial charge in [0.15, 0.2) is 0 Å². The number of allylic oxidation sites excluding steroid dienone is 1. The van der Waals surface area contributed by atoms with E-state index >= 15 is 0 Å². The topological polar surface area (TPSA) is 162 Å². The van der Waals surface area contributed by atoms with Crippen molar-refractivity contribution in [2.45, 2.75) is 38.0 Å². The summed E-state index contributed by atoms with van der Waals surface area (Å²) in [6.45, 7) is 3.07. The first-order valence-electron chi connectivity index (χ1n) is 6.61. The Morgan fingerprint density at radius 2 is 2.35 bits per heavy atom. The maximum Gasteiger partial charge on any atom is 0.239 e. The number of nitrogens with two attached hydrogens (primary N) is 1. The first kappa shape index (κ1) is 18.5. The molecule has 1 amide bonds. The van der Waals surface area contributed by atoms with Crippen LogP contribution in [0, 0.1) is 10.1 Å². The summed E-state index contributed by atoms with van der Waals surface area (Å²) >= 11 is 1.11. The van der Waals surface area contributed by atoms with E-state index in [9.17, 15) is 14.9 Å². The van der Waals surface area contributed by atoms with Gasteiger partial charge >= 0.3 is 0 Å². The third kappa shape index (κ3) is 5.65. The Labute approximate surface area is 135 Å². The second-order valence-electron chi connectivity index (χ2n) is 4.50. The van der Waals surface area contributed by atoms with Gasteiger partial charge in [0.05, 0.1) is 5.71 Å². The number of aromatic nitrogens is 4. The van der Waals surface area contributed by atoms with Gasteiger partial charge in [0.2, 0.25) is 17.1 Å². The number of rotatable bonds is 9. The highest BCUT2D eigenvalue weighted by Crippen LogP contribution is 2.16. The fraction of sp³-hybridized carbons (Fsp3) is 0.545. The van der Waals surface area contributed by atoms with E-state index in [2.05, 4.69) is 20.7 Å². The van der Waals surface area contributed by atoms with Crippen molar-refractivity contribution in [1.82, 2.24) is 20.2 Å². The monoisotopic (exact) mass is 343 g/mol. The maximum absolute atomic E-state index is 10.9. The quantitative estimate of drug-likeness (QED) is 0.209. The lowest BCUT2D eigenvalue weighted by Crippen LogP contribution is -2.20. The van der Waals surface area contributed by atoms with Crippen molar-refractivity contribution in [2.75, 3.05) is 5.75 Å². The van der Waals surface area contributed by atoms with Gasteiger partial charge in [0, 0.05) is 23.2 Å². The molecule has 1 unspecified atom stereocenters. The van der Waals surface area contributed by atoms with E-state index in [0.29, 0.717) is 17.2 Å². The lowest BCUT2D eigenvalue weighted by molar-refractivity contribution is -0.507. The van der Waals surface area contributed by atoms with Crippen molar-refractivity contribution in [2.24, 2.45) is 10.9 Å². The predicted molar refractivity (Wildman–Crippen MR) is 81.8 cm³/mol. The van der Waals surface area contributed by atoms with Crippen LogP contribution in [-0.2, 0) is 11.3 Å². The highest BCUT2D eigenvalue weighted by molar-refractivity contribution is 7.99. The SMILES string of the molecule is CCC(=CC(CSc1nnnn1CC(N)=O)=NO)C(C)[N+](=O)[O-]. The number of primary amides is 1. The van der Waals surface area contributed by atoms with Crippen LogP contribution in [0.15, 0.2) is 22.0 Å². The Kier molecular flexibility index (Phi) is 7.12. The van der Waals surface area contributed by atoms with E-state index in [4.69, 9.17) is 10.9 Å². The number of nitro groups is 1. The van der Waals surface area contributed by atoms with Crippen LogP contribution in [0.3, 0.4) is 0 Å². The molecule has 1 heterocycles. The van der Waals surface area contributed by atoms with Crippen LogP contribution in [0.25, 0.3) is 0 Å². The number of carbonyl (C=O) groups excluding carboxylic acids is 1. The number of tetrazole rings is 1. The highest BCUT2D eigenvalue weighted by atomic mass is 32.2. The van der Waals surface area contributed by atoms with E-state index in [-0.39, 0.29) is 18.0 Å². The van der Waals surface area contributed by atoms with Gasteiger partial charge in [-0.05, 0) is 22.9 Å². The van der Waals surface area contributed by atoms with E-state index in [1.807, 2.05) is 0 Å². The average molecular weight is 343 g/mol. The number of oxime groups is 1. The zero-order valence-electron chi connectivity index (χ0n) is 12.6. The lowest BCUT2D eigenvalue weighted by atomic mass is 10.1. The molecule has 0 aliphatic heterocycles. The molecular weight excluding hydrogens is 326 g/mol. The fourth-order valence-corrected chi connectivity index (χ4v) is 2.41. The second-order valence-corrected chi connectivity index (χ2v) is 5.44. The molecule has 0 saturated heterocycles. The van der Waals surface area contributed by atoms with Gasteiger partial charge in [-0.25, -0.2) is 4.68 Å². The normalized spacial score (nSPS) is 13.8. The first-order chi connectivity index (χ1) is 10.9. The maximum atomic E-state index is 10.9. The number of amides is 1. The first-order valence-corrected chi connectivity index (χ1v) is 7.59. The zero-order chi connectivity index (χ0) is 17.4. The number of hydrogen-bond donors (Lipinski definition) is 2. The molecule has 0 aromatic carbocycles. The molecule has 1 rings (SSSR count). The molecule has 0 aliphatic rings. The summed E-state index contributed by atoms with van der Waals surface area (Å²) in [6, 6.07) is -0.873. The summed E-state index contributed by atoms with van der Waals surface area (Å²) in [5, 5.41) is 34.1. The molecular formula is C11H17N7O4S. The van der Waals surface area contributed by atoms with E-state index in [1.54, 1.807) is 6.92 Å². The summed E-state index contributed by atoms with van der Waals surface area (Å²) in [6.07, 6.45) is 1.92. The van der Waals surface area contributed by atoms with Crippen molar-refractivity contribution in [3.8, 4) is 0 Å². The predicted octanol–water partition coefficient (Wildman–Crippen LogP) is 0.0823. The molecule has 0 spiro atoms. The molecule has 1 atom stereocenters. The van der Waals surface area contributed by atoms with Crippen molar-refractivity contribution in [3.63, 3.8) is 0 Å². The number of hydrogen-bond acceptors (Lipinski definition) is 9. The Bertz CT molecular complexity index is 628. The zero-order valence-corrected chi connectivity index (χ0v) is 13.4. The molecule has 1 aromatic heterocycles. The van der Waals surface area contributed by atoms with Gasteiger partial charge in [-0.15, -0.1) is 5.10 Å². The molecule has 1 aromatic rings. The molecule has 12 heteroatoms. The van der Waals surface area contributed by atoms with E-state index in [1.165, 1.54) is 17.7 Å². The van der Waals surface area contributed by atoms with Gasteiger partial charge in [-0.1, -0.05) is 23.8 Å². The summed E-state index contributed by atoms with van der Waals surface area (Å²) < 4.78 is 1.21. The standard InChI is InChI=1S/C11H17N7O4S/c1-3-8(7(2)18(21)22)4-9(14-20)6-23-11-13-15-16-17(11)5-10(12)19/h4,7,20H,3,5-6H2,1-2H3,(H2,12,19). The molecule has 0 fully saturated rings. The van der Waals surface area contributed by atoms with Crippen LogP contribution < -0.4 is 5.73 Å². The van der Waals surface area contributed by atoms with Crippen LogP contribution in [0.5, 0.6) is 0 Å². The third-order valence-electron chi connectivity index (χ3n) is 2.90. The smallest absolute Gasteiger partial charge is 0.239 e. The van der Waals surface area contributed by atoms with Crippen molar-refractivity contribution >= 4 is 23.4 Å². The Morgan fingerprint density at radius 3 is 2.87 bits per heavy atom. The minimum absolute atomic E-state index is 0.170. The number of carbonyl (C=O) groups is 1. The van der Waals surface area contributed by atoms with Gasteiger partial charge < -0.3 is 10.9 Å². The number of nitrogens with zero attached hydrogens (tertiary/aromatic N) is 6. The molecule has 0 saturated carbocycles. The van der Waals surface area contributed by atoms with Crippen LogP contribution in [0.4, 0.5) is 0 Å². The van der Waals surface area contributed by atoms with E-state index in [0.717, 1.165) is 11.8 Å². The Hall–Kier alpha value is -2.50. The summed E-state index contributed by atoms with van der Waals surface area (Å²) in [4.78, 5) is 21.3. The molecule has 3 N–H and O–H groups in total. The molecule has 23 heavy (non-hydrogen) atoms. The molecule has 11 nitrogen and oxygen atoms in total. The van der Waals surface area contributed by atoms with Crippen molar-refractivity contribution in [3.05, 3.63) is 21.8 Å². The van der Waals surface area contributed by atoms with Gasteiger partial charge in [-0.2, -0.15) is 0 Å². The van der Waals surface area contributed by atoms with Crippen LogP contribution in [-0.4, -0.2) is 53.8 Å². The molecule has 126 valence electrons. The Morgan fingerprint density at radius 1 is 1.65 bits per heavy atom. The summed E-state index contributed by atoms with van der Waals surface area (Å²) in [5.41, 5.74) is 5.84. The molecule has 0 aliphatic carbocycles. The second kappa shape index (κ2) is 8.82. The number of thioether (sulfide) groups is 1. The van der Waals surface area contributed by atoms with Crippen LogP contribution >= 0.6 is 11.8 Å². The molecule has 0 radical (unpaired) electrons. The fourth-order valence-electron chi connectivity index (χ4n) is 1.65. The minimum atomic E-state index is -0.873. The van der Waals surface area contributed by atoms with Crippen molar-refractivity contribution in [1.29, 1.82) is 0 Å². The van der Waals surface area contributed by atoms with Gasteiger partial charge in [-0.3, -0.25) is 14.9 Å². The summed E-state index contributed by atoms with van der Waals surface area (Å²) in [7, 11) is 0. The third-order valence-corrected chi connectivity index (χ3v) is 3.89. The van der Waals surface area contributed by atoms with Crippen molar-refractivity contribution < 1.29 is 14.9 Å². The molecule has 0 bridgehead atoms. The van der Waals surface area contributed by atoms with Gasteiger partial charge in [0.1, 0.15) is 6.54 Å². The van der Waals surface area contributed by atoms with Crippen LogP contribution in [0.2, 0.25) is 0 Å². The lowest BCUT2D eigenvalue weighted by Gasteiger charge is -2.07. The van der Waals surface area contributed by atoms with Crippen LogP contribution in [0.1, 0.15) is 20.3 Å².